The summed E-state index contributed by atoms with van der Waals surface area (Å²) in [5, 5.41) is 9.24. The molecule has 0 saturated carbocycles. The fourth-order valence-electron chi connectivity index (χ4n) is 1.96. The second-order valence-electron chi connectivity index (χ2n) is 5.92. The molecule has 0 radical (unpaired) electrons. The molecule has 1 atom stereocenters. The monoisotopic (exact) mass is 273 g/mol. The lowest BCUT2D eigenvalue weighted by Crippen LogP contribution is -2.50. The van der Waals surface area contributed by atoms with Gasteiger partial charge >= 0.3 is 12.1 Å². The van der Waals surface area contributed by atoms with Crippen molar-refractivity contribution in [3.05, 3.63) is 11.9 Å². The highest BCUT2D eigenvalue weighted by Crippen LogP contribution is 2.35. The third kappa shape index (κ3) is 3.45. The van der Waals surface area contributed by atoms with Gasteiger partial charge in [0.1, 0.15) is 11.0 Å². The van der Waals surface area contributed by atoms with Crippen LogP contribution in [0.4, 0.5) is 9.18 Å². The molecule has 0 spiro atoms. The summed E-state index contributed by atoms with van der Waals surface area (Å²) in [6.07, 6.45) is -0.0445. The maximum atomic E-state index is 12.8. The van der Waals surface area contributed by atoms with Gasteiger partial charge in [-0.2, -0.15) is 0 Å². The van der Waals surface area contributed by atoms with E-state index in [1.54, 1.807) is 20.8 Å². The molecule has 0 aromatic rings. The highest BCUT2D eigenvalue weighted by molar-refractivity contribution is 5.80. The number of carbonyl (C=O) groups excluding carboxylic acids is 1. The zero-order valence-electron chi connectivity index (χ0n) is 11.7. The van der Waals surface area contributed by atoms with E-state index in [0.29, 0.717) is 6.33 Å². The van der Waals surface area contributed by atoms with E-state index >= 15 is 0 Å². The zero-order chi connectivity index (χ0) is 14.8. The quantitative estimate of drug-likeness (QED) is 0.797. The molecule has 1 unspecified atom stereocenters. The van der Waals surface area contributed by atoms with Crippen LogP contribution in [-0.4, -0.2) is 40.8 Å². The number of rotatable bonds is 1. The summed E-state index contributed by atoms with van der Waals surface area (Å²) >= 11 is 0. The third-order valence-electron chi connectivity index (χ3n) is 3.12. The SMILES string of the molecule is CC(C)(C)OC(=O)N1CC/C(=C/F)C(C)(C(=O)O)C1. The van der Waals surface area contributed by atoms with Crippen LogP contribution >= 0.6 is 0 Å². The first-order valence-electron chi connectivity index (χ1n) is 6.11. The molecule has 1 aliphatic heterocycles. The fourth-order valence-corrected chi connectivity index (χ4v) is 1.96. The van der Waals surface area contributed by atoms with Gasteiger partial charge in [-0.15, -0.1) is 0 Å². The summed E-state index contributed by atoms with van der Waals surface area (Å²) in [5.74, 6) is -1.15. The molecule has 1 saturated heterocycles. The first-order valence-corrected chi connectivity index (χ1v) is 6.11. The van der Waals surface area contributed by atoms with E-state index in [4.69, 9.17) is 4.74 Å². The average molecular weight is 273 g/mol. The van der Waals surface area contributed by atoms with Crippen LogP contribution in [-0.2, 0) is 9.53 Å². The normalized spacial score (nSPS) is 26.4. The predicted octanol–water partition coefficient (Wildman–Crippen LogP) is 2.57. The first kappa shape index (κ1) is 15.5. The summed E-state index contributed by atoms with van der Waals surface area (Å²) < 4.78 is 18.0. The number of carbonyl (C=O) groups is 2. The molecule has 1 rings (SSSR count). The van der Waals surface area contributed by atoms with Gasteiger partial charge in [0.25, 0.3) is 0 Å². The van der Waals surface area contributed by atoms with Crippen molar-refractivity contribution < 1.29 is 23.8 Å². The Bertz CT molecular complexity index is 413. The molecule has 0 aliphatic carbocycles. The lowest BCUT2D eigenvalue weighted by molar-refractivity contribution is -0.147. The summed E-state index contributed by atoms with van der Waals surface area (Å²) in [6.45, 7) is 6.78. The van der Waals surface area contributed by atoms with Crippen molar-refractivity contribution in [2.75, 3.05) is 13.1 Å². The lowest BCUT2D eigenvalue weighted by atomic mass is 9.78. The predicted molar refractivity (Wildman–Crippen MR) is 67.4 cm³/mol. The minimum Gasteiger partial charge on any atom is -0.481 e. The number of ether oxygens (including phenoxy) is 1. The minimum absolute atomic E-state index is 0.0903. The van der Waals surface area contributed by atoms with Gasteiger partial charge in [0.15, 0.2) is 0 Å². The first-order chi connectivity index (χ1) is 8.60. The molecule has 1 fully saturated rings. The summed E-state index contributed by atoms with van der Waals surface area (Å²) in [6, 6.07) is 0. The Kier molecular flexibility index (Phi) is 4.22. The number of piperidine rings is 1. The molecule has 0 aromatic heterocycles. The van der Waals surface area contributed by atoms with Crippen LogP contribution in [0.2, 0.25) is 0 Å². The van der Waals surface area contributed by atoms with Crippen molar-refractivity contribution in [1.29, 1.82) is 0 Å². The van der Waals surface area contributed by atoms with Crippen molar-refractivity contribution >= 4 is 12.1 Å². The van der Waals surface area contributed by atoms with Gasteiger partial charge in [-0.05, 0) is 39.7 Å². The Morgan fingerprint density at radius 3 is 2.47 bits per heavy atom. The number of aliphatic carboxylic acids is 1. The molecule has 1 amide bonds. The molecule has 5 nitrogen and oxygen atoms in total. The van der Waals surface area contributed by atoms with E-state index in [-0.39, 0.29) is 25.1 Å². The standard InChI is InChI=1S/C13H20FNO4/c1-12(2,3)19-11(18)15-6-5-9(7-14)13(4,8-15)10(16)17/h7H,5-6,8H2,1-4H3,(H,16,17)/b9-7-. The molecular formula is C13H20FNO4. The minimum atomic E-state index is -1.40. The maximum absolute atomic E-state index is 12.8. The zero-order valence-corrected chi connectivity index (χ0v) is 11.7. The topological polar surface area (TPSA) is 66.8 Å². The smallest absolute Gasteiger partial charge is 0.410 e. The van der Waals surface area contributed by atoms with Crippen LogP contribution in [0.3, 0.4) is 0 Å². The summed E-state index contributed by atoms with van der Waals surface area (Å²) in [5.41, 5.74) is -1.85. The number of likely N-dealkylation sites (tertiary alicyclic amines) is 1. The number of carboxylic acid groups (broad SMARTS) is 1. The van der Waals surface area contributed by atoms with Crippen molar-refractivity contribution in [1.82, 2.24) is 4.90 Å². The molecule has 6 heteroatoms. The number of carboxylic acids is 1. The van der Waals surface area contributed by atoms with Crippen LogP contribution in [0.1, 0.15) is 34.1 Å². The number of amides is 1. The molecule has 1 N–H and O–H groups in total. The van der Waals surface area contributed by atoms with Crippen LogP contribution in [0.15, 0.2) is 11.9 Å². The van der Waals surface area contributed by atoms with Gasteiger partial charge in [-0.3, -0.25) is 4.79 Å². The molecular weight excluding hydrogens is 253 g/mol. The van der Waals surface area contributed by atoms with Gasteiger partial charge in [0.05, 0.1) is 6.33 Å². The Hall–Kier alpha value is -1.59. The van der Waals surface area contributed by atoms with Crippen molar-refractivity contribution in [2.24, 2.45) is 5.41 Å². The highest BCUT2D eigenvalue weighted by atomic mass is 19.1. The Balaban J connectivity index is 2.88. The second kappa shape index (κ2) is 5.19. The van der Waals surface area contributed by atoms with E-state index in [2.05, 4.69) is 0 Å². The van der Waals surface area contributed by atoms with Crippen LogP contribution in [0, 0.1) is 5.41 Å². The van der Waals surface area contributed by atoms with Gasteiger partial charge in [0.2, 0.25) is 0 Å². The van der Waals surface area contributed by atoms with Gasteiger partial charge < -0.3 is 14.7 Å². The maximum Gasteiger partial charge on any atom is 0.410 e. The van der Waals surface area contributed by atoms with E-state index < -0.39 is 23.1 Å². The molecule has 0 aromatic carbocycles. The second-order valence-corrected chi connectivity index (χ2v) is 5.92. The fraction of sp³-hybridized carbons (Fsp3) is 0.692. The van der Waals surface area contributed by atoms with Crippen LogP contribution in [0.5, 0.6) is 0 Å². The molecule has 1 heterocycles. The van der Waals surface area contributed by atoms with Crippen molar-refractivity contribution in [3.63, 3.8) is 0 Å². The van der Waals surface area contributed by atoms with E-state index in [9.17, 15) is 19.1 Å². The Morgan fingerprint density at radius 1 is 1.47 bits per heavy atom. The number of hydrogen-bond donors (Lipinski definition) is 1. The van der Waals surface area contributed by atoms with E-state index in [1.165, 1.54) is 11.8 Å². The Morgan fingerprint density at radius 2 is 2.05 bits per heavy atom. The van der Waals surface area contributed by atoms with Crippen molar-refractivity contribution in [2.45, 2.75) is 39.7 Å². The van der Waals surface area contributed by atoms with Gasteiger partial charge in [-0.25, -0.2) is 9.18 Å². The summed E-state index contributed by atoms with van der Waals surface area (Å²) in [7, 11) is 0. The number of hydrogen-bond acceptors (Lipinski definition) is 3. The highest BCUT2D eigenvalue weighted by Gasteiger charge is 2.44. The van der Waals surface area contributed by atoms with Crippen LogP contribution < -0.4 is 0 Å². The van der Waals surface area contributed by atoms with Gasteiger partial charge in [-0.1, -0.05) is 0 Å². The largest absolute Gasteiger partial charge is 0.481 e. The van der Waals surface area contributed by atoms with E-state index in [0.717, 1.165) is 0 Å². The molecule has 0 bridgehead atoms. The molecule has 1 aliphatic rings. The van der Waals surface area contributed by atoms with E-state index in [1.807, 2.05) is 0 Å². The Labute approximate surface area is 112 Å². The van der Waals surface area contributed by atoms with Crippen LogP contribution in [0.25, 0.3) is 0 Å². The number of nitrogens with zero attached hydrogens (tertiary/aromatic N) is 1. The average Bonchev–Trinajstić information content (AvgIpc) is 2.26. The summed E-state index contributed by atoms with van der Waals surface area (Å²) in [4.78, 5) is 24.5. The molecule has 19 heavy (non-hydrogen) atoms. The lowest BCUT2D eigenvalue weighted by Gasteiger charge is -2.39. The third-order valence-corrected chi connectivity index (χ3v) is 3.12. The molecule has 108 valence electrons. The van der Waals surface area contributed by atoms with Gasteiger partial charge in [0, 0.05) is 13.1 Å². The van der Waals surface area contributed by atoms with Crippen molar-refractivity contribution in [3.8, 4) is 0 Å². The number of halogens is 1.